The molecular weight excluding hydrogens is 448 g/mol. The van der Waals surface area contributed by atoms with Gasteiger partial charge in [-0.25, -0.2) is 4.68 Å². The molecule has 2 aromatic rings. The summed E-state index contributed by atoms with van der Waals surface area (Å²) >= 11 is 5.01. The number of nitrogens with one attached hydrogen (secondary N) is 1. The van der Waals surface area contributed by atoms with Crippen molar-refractivity contribution in [1.29, 1.82) is 0 Å². The van der Waals surface area contributed by atoms with Crippen LogP contribution in [0.4, 0.5) is 0 Å². The molecule has 0 fully saturated rings. The number of aryl methyl sites for hydroxylation is 1. The molecule has 144 valence electrons. The van der Waals surface area contributed by atoms with Crippen LogP contribution in [0.15, 0.2) is 21.8 Å². The van der Waals surface area contributed by atoms with Gasteiger partial charge in [-0.3, -0.25) is 4.79 Å². The zero-order valence-corrected chi connectivity index (χ0v) is 17.5. The van der Waals surface area contributed by atoms with Gasteiger partial charge in [-0.05, 0) is 44.1 Å². The fraction of sp³-hybridized carbons (Fsp3) is 0.429. The topological polar surface area (TPSA) is 117 Å². The van der Waals surface area contributed by atoms with E-state index in [-0.39, 0.29) is 19.0 Å². The zero-order valence-electron chi connectivity index (χ0n) is 14.3. The Kier molecular flexibility index (Phi) is 9.70. The van der Waals surface area contributed by atoms with Crippen LogP contribution in [0.3, 0.4) is 0 Å². The van der Waals surface area contributed by atoms with E-state index >= 15 is 0 Å². The van der Waals surface area contributed by atoms with E-state index in [0.29, 0.717) is 22.5 Å². The molecule has 26 heavy (non-hydrogen) atoms. The van der Waals surface area contributed by atoms with Crippen LogP contribution >= 0.6 is 40.1 Å². The first kappa shape index (κ1) is 22.5. The van der Waals surface area contributed by atoms with Crippen molar-refractivity contribution in [3.63, 3.8) is 0 Å². The Hall–Kier alpha value is -1.56. The van der Waals surface area contributed by atoms with Crippen molar-refractivity contribution in [2.75, 3.05) is 26.0 Å². The highest BCUT2D eigenvalue weighted by Gasteiger charge is 2.12. The first-order valence-electron chi connectivity index (χ1n) is 7.34. The van der Waals surface area contributed by atoms with Crippen LogP contribution in [-0.2, 0) is 18.4 Å². The number of nitrogens with zero attached hydrogens (tertiary/aromatic N) is 4. The molecule has 0 bridgehead atoms. The van der Waals surface area contributed by atoms with E-state index in [1.165, 1.54) is 0 Å². The summed E-state index contributed by atoms with van der Waals surface area (Å²) in [6.07, 6.45) is 0. The Morgan fingerprint density at radius 3 is 2.85 bits per heavy atom. The molecule has 1 heterocycles. The predicted molar refractivity (Wildman–Crippen MR) is 104 cm³/mol. The number of aromatic nitrogens is 4. The molecule has 0 unspecified atom stereocenters. The van der Waals surface area contributed by atoms with E-state index in [4.69, 9.17) is 15.2 Å². The summed E-state index contributed by atoms with van der Waals surface area (Å²) in [5, 5.41) is 15.4. The Morgan fingerprint density at radius 2 is 2.23 bits per heavy atom. The second kappa shape index (κ2) is 11.2. The van der Waals surface area contributed by atoms with Crippen LogP contribution in [0.2, 0.25) is 0 Å². The lowest BCUT2D eigenvalue weighted by atomic mass is 10.2. The van der Waals surface area contributed by atoms with Crippen molar-refractivity contribution in [3.05, 3.63) is 22.2 Å². The lowest BCUT2D eigenvalue weighted by Gasteiger charge is -2.14. The van der Waals surface area contributed by atoms with Gasteiger partial charge in [0, 0.05) is 25.9 Å². The number of primary amides is 1. The summed E-state index contributed by atoms with van der Waals surface area (Å²) in [5.74, 6) is 1.28. The Balaban J connectivity index is 0.00000338. The molecule has 0 aliphatic carbocycles. The minimum atomic E-state index is -0.546. The SMILES string of the molecule is COc1cc(CNCCSc2nnnn2C)cc(Br)c1OCC(N)=O.Cl. The Labute approximate surface area is 169 Å². The van der Waals surface area contributed by atoms with Crippen LogP contribution in [-0.4, -0.2) is 52.1 Å². The zero-order chi connectivity index (χ0) is 18.2. The number of methoxy groups -OCH3 is 1. The largest absolute Gasteiger partial charge is 0.493 e. The first-order chi connectivity index (χ1) is 12.0. The third-order valence-electron chi connectivity index (χ3n) is 3.07. The number of nitrogens with two attached hydrogens (primary N) is 1. The third kappa shape index (κ3) is 6.63. The van der Waals surface area contributed by atoms with E-state index in [1.807, 2.05) is 12.1 Å². The van der Waals surface area contributed by atoms with E-state index in [0.717, 1.165) is 23.0 Å². The molecule has 0 aliphatic rings. The summed E-state index contributed by atoms with van der Waals surface area (Å²) in [7, 11) is 3.35. The van der Waals surface area contributed by atoms with Crippen LogP contribution in [0.5, 0.6) is 11.5 Å². The van der Waals surface area contributed by atoms with Crippen LogP contribution < -0.4 is 20.5 Å². The smallest absolute Gasteiger partial charge is 0.255 e. The lowest BCUT2D eigenvalue weighted by molar-refractivity contribution is -0.119. The second-order valence-corrected chi connectivity index (χ2v) is 6.89. The van der Waals surface area contributed by atoms with Gasteiger partial charge in [0.1, 0.15) is 0 Å². The molecule has 1 aromatic heterocycles. The molecule has 12 heteroatoms. The number of benzene rings is 1. The maximum absolute atomic E-state index is 10.9. The van der Waals surface area contributed by atoms with Crippen molar-refractivity contribution in [2.24, 2.45) is 12.8 Å². The summed E-state index contributed by atoms with van der Waals surface area (Å²) in [5.41, 5.74) is 6.12. The number of hydrogen-bond acceptors (Lipinski definition) is 8. The highest BCUT2D eigenvalue weighted by Crippen LogP contribution is 2.36. The minimum Gasteiger partial charge on any atom is -0.493 e. The lowest BCUT2D eigenvalue weighted by Crippen LogP contribution is -2.20. The summed E-state index contributed by atoms with van der Waals surface area (Å²) < 4.78 is 13.0. The third-order valence-corrected chi connectivity index (χ3v) is 4.67. The highest BCUT2D eigenvalue weighted by atomic mass is 79.9. The van der Waals surface area contributed by atoms with Crippen molar-refractivity contribution in [3.8, 4) is 11.5 Å². The van der Waals surface area contributed by atoms with Crippen molar-refractivity contribution >= 4 is 46.0 Å². The molecule has 1 aromatic carbocycles. The summed E-state index contributed by atoms with van der Waals surface area (Å²) in [4.78, 5) is 10.9. The number of carbonyl (C=O) groups is 1. The quantitative estimate of drug-likeness (QED) is 0.395. The number of thioether (sulfide) groups is 1. The maximum atomic E-state index is 10.9. The molecular formula is C14H20BrClN6O3S. The van der Waals surface area contributed by atoms with Crippen LogP contribution in [0.1, 0.15) is 5.56 Å². The van der Waals surface area contributed by atoms with Crippen molar-refractivity contribution < 1.29 is 14.3 Å². The highest BCUT2D eigenvalue weighted by molar-refractivity contribution is 9.10. The maximum Gasteiger partial charge on any atom is 0.255 e. The number of tetrazole rings is 1. The van der Waals surface area contributed by atoms with Gasteiger partial charge in [0.25, 0.3) is 5.91 Å². The van der Waals surface area contributed by atoms with E-state index < -0.39 is 5.91 Å². The van der Waals surface area contributed by atoms with Gasteiger partial charge in [0.2, 0.25) is 5.16 Å². The number of carbonyl (C=O) groups excluding carboxylic acids is 1. The van der Waals surface area contributed by atoms with E-state index in [2.05, 4.69) is 36.8 Å². The number of hydrogen-bond donors (Lipinski definition) is 2. The number of rotatable bonds is 10. The molecule has 0 aliphatic heterocycles. The first-order valence-corrected chi connectivity index (χ1v) is 9.12. The van der Waals surface area contributed by atoms with Gasteiger partial charge in [0.05, 0.1) is 11.6 Å². The molecule has 0 atom stereocenters. The summed E-state index contributed by atoms with van der Waals surface area (Å²) in [6, 6.07) is 3.76. The fourth-order valence-corrected chi connectivity index (χ4v) is 3.30. The molecule has 0 saturated heterocycles. The Morgan fingerprint density at radius 1 is 1.46 bits per heavy atom. The van der Waals surface area contributed by atoms with E-state index in [1.54, 1.807) is 30.6 Å². The monoisotopic (exact) mass is 466 g/mol. The average molecular weight is 468 g/mol. The predicted octanol–water partition coefficient (Wildman–Crippen LogP) is 1.15. The summed E-state index contributed by atoms with van der Waals surface area (Å²) in [6.45, 7) is 1.24. The fourth-order valence-electron chi connectivity index (χ4n) is 1.95. The number of ether oxygens (including phenoxy) is 2. The van der Waals surface area contributed by atoms with Crippen molar-refractivity contribution in [2.45, 2.75) is 11.7 Å². The normalized spacial score (nSPS) is 10.3. The van der Waals surface area contributed by atoms with Crippen LogP contribution in [0, 0.1) is 0 Å². The molecule has 2 rings (SSSR count). The second-order valence-electron chi connectivity index (χ2n) is 4.97. The molecule has 0 saturated carbocycles. The van der Waals surface area contributed by atoms with E-state index in [9.17, 15) is 4.79 Å². The van der Waals surface area contributed by atoms with Gasteiger partial charge in [-0.1, -0.05) is 11.8 Å². The van der Waals surface area contributed by atoms with Gasteiger partial charge in [-0.2, -0.15) is 0 Å². The average Bonchev–Trinajstić information content (AvgIpc) is 2.98. The molecule has 3 N–H and O–H groups in total. The molecule has 9 nitrogen and oxygen atoms in total. The Bertz CT molecular complexity index is 733. The van der Waals surface area contributed by atoms with Crippen LogP contribution in [0.25, 0.3) is 0 Å². The molecule has 1 amide bonds. The molecule has 0 spiro atoms. The minimum absolute atomic E-state index is 0. The van der Waals surface area contributed by atoms with Gasteiger partial charge in [-0.15, -0.1) is 17.5 Å². The van der Waals surface area contributed by atoms with Gasteiger partial charge < -0.3 is 20.5 Å². The van der Waals surface area contributed by atoms with Gasteiger partial charge in [0.15, 0.2) is 18.1 Å². The molecule has 0 radical (unpaired) electrons. The standard InChI is InChI=1S/C14H19BrN6O3S.ClH/c1-21-14(18-19-20-21)25-4-3-17-7-9-5-10(15)13(11(6-9)23-2)24-8-12(16)22;/h5-6,17H,3-4,7-8H2,1-2H3,(H2,16,22);1H. The number of halogens is 2. The van der Waals surface area contributed by atoms with Gasteiger partial charge >= 0.3 is 0 Å². The number of amides is 1. The van der Waals surface area contributed by atoms with Crippen molar-refractivity contribution in [1.82, 2.24) is 25.5 Å².